The largest absolute Gasteiger partial charge is 0.323 e. The minimum atomic E-state index is 0.0718. The first-order chi connectivity index (χ1) is 6.83. The molecule has 0 atom stereocenters. The third-order valence-corrected chi connectivity index (χ3v) is 2.04. The van der Waals surface area contributed by atoms with Crippen molar-refractivity contribution in [3.8, 4) is 0 Å². The zero-order valence-electron chi connectivity index (χ0n) is 8.55. The molecule has 0 spiro atoms. The second-order valence-corrected chi connectivity index (χ2v) is 3.35. The Morgan fingerprint density at radius 3 is 3.00 bits per heavy atom. The highest BCUT2D eigenvalue weighted by Gasteiger charge is 2.01. The van der Waals surface area contributed by atoms with Crippen LogP contribution in [0, 0.1) is 0 Å². The van der Waals surface area contributed by atoms with Crippen molar-refractivity contribution in [2.75, 3.05) is 5.32 Å². The molecule has 0 aliphatic carbocycles. The number of nitrogens with one attached hydrogen (secondary N) is 2. The minimum absolute atomic E-state index is 0.0718. The molecule has 0 aromatic carbocycles. The summed E-state index contributed by atoms with van der Waals surface area (Å²) in [7, 11) is 0. The average molecular weight is 195 g/mol. The van der Waals surface area contributed by atoms with Gasteiger partial charge in [-0.3, -0.25) is 9.89 Å². The van der Waals surface area contributed by atoms with E-state index in [2.05, 4.69) is 22.4 Å². The second-order valence-electron chi connectivity index (χ2n) is 3.35. The molecule has 1 aromatic heterocycles. The van der Waals surface area contributed by atoms with Crippen molar-refractivity contribution >= 4 is 11.6 Å². The molecular formula is C10H17N3O. The number of hydrogen-bond acceptors (Lipinski definition) is 2. The molecule has 1 amide bonds. The number of carbonyl (C=O) groups is 1. The third-order valence-electron chi connectivity index (χ3n) is 2.04. The SMILES string of the molecule is CCCCCCC(=O)Nc1cn[nH]c1. The lowest BCUT2D eigenvalue weighted by Crippen LogP contribution is -2.10. The van der Waals surface area contributed by atoms with Gasteiger partial charge in [0.1, 0.15) is 0 Å². The molecule has 0 saturated heterocycles. The van der Waals surface area contributed by atoms with Gasteiger partial charge < -0.3 is 5.32 Å². The third kappa shape index (κ3) is 4.07. The van der Waals surface area contributed by atoms with E-state index in [1.807, 2.05) is 0 Å². The first-order valence-corrected chi connectivity index (χ1v) is 5.11. The number of carbonyl (C=O) groups excluding carboxylic acids is 1. The molecule has 4 nitrogen and oxygen atoms in total. The number of aromatic nitrogens is 2. The summed E-state index contributed by atoms with van der Waals surface area (Å²) in [6.45, 7) is 2.16. The van der Waals surface area contributed by atoms with Crippen molar-refractivity contribution in [1.29, 1.82) is 0 Å². The van der Waals surface area contributed by atoms with Gasteiger partial charge in [0.15, 0.2) is 0 Å². The molecule has 0 aliphatic rings. The van der Waals surface area contributed by atoms with E-state index >= 15 is 0 Å². The molecule has 2 N–H and O–H groups in total. The number of hydrogen-bond donors (Lipinski definition) is 2. The molecule has 0 bridgehead atoms. The molecule has 4 heteroatoms. The zero-order chi connectivity index (χ0) is 10.2. The second kappa shape index (κ2) is 6.18. The van der Waals surface area contributed by atoms with E-state index in [9.17, 15) is 4.79 Å². The fraction of sp³-hybridized carbons (Fsp3) is 0.600. The van der Waals surface area contributed by atoms with Crippen LogP contribution in [0.15, 0.2) is 12.4 Å². The van der Waals surface area contributed by atoms with Crippen LogP contribution in [0.4, 0.5) is 5.69 Å². The molecule has 14 heavy (non-hydrogen) atoms. The van der Waals surface area contributed by atoms with Gasteiger partial charge in [-0.15, -0.1) is 0 Å². The molecule has 1 rings (SSSR count). The van der Waals surface area contributed by atoms with Crippen LogP contribution in [0.25, 0.3) is 0 Å². The van der Waals surface area contributed by atoms with E-state index < -0.39 is 0 Å². The Kier molecular flexibility index (Phi) is 4.75. The Balaban J connectivity index is 2.11. The fourth-order valence-electron chi connectivity index (χ4n) is 1.26. The van der Waals surface area contributed by atoms with Crippen LogP contribution in [0.2, 0.25) is 0 Å². The van der Waals surface area contributed by atoms with Gasteiger partial charge in [-0.25, -0.2) is 0 Å². The van der Waals surface area contributed by atoms with E-state index in [1.54, 1.807) is 12.4 Å². The number of anilines is 1. The summed E-state index contributed by atoms with van der Waals surface area (Å²) in [5, 5.41) is 9.16. The normalized spacial score (nSPS) is 10.1. The predicted molar refractivity (Wildman–Crippen MR) is 56.0 cm³/mol. The number of H-pyrrole nitrogens is 1. The highest BCUT2D eigenvalue weighted by Crippen LogP contribution is 2.06. The van der Waals surface area contributed by atoms with Gasteiger partial charge in [-0.2, -0.15) is 5.10 Å². The fourth-order valence-corrected chi connectivity index (χ4v) is 1.26. The van der Waals surface area contributed by atoms with Gasteiger partial charge in [-0.05, 0) is 6.42 Å². The molecule has 0 saturated carbocycles. The number of nitrogens with zero attached hydrogens (tertiary/aromatic N) is 1. The molecule has 1 heterocycles. The van der Waals surface area contributed by atoms with Crippen molar-refractivity contribution in [1.82, 2.24) is 10.2 Å². The lowest BCUT2D eigenvalue weighted by Gasteiger charge is -2.01. The van der Waals surface area contributed by atoms with Gasteiger partial charge in [0.2, 0.25) is 5.91 Å². The van der Waals surface area contributed by atoms with E-state index in [0.29, 0.717) is 6.42 Å². The van der Waals surface area contributed by atoms with Crippen molar-refractivity contribution in [2.45, 2.75) is 39.0 Å². The molecular weight excluding hydrogens is 178 g/mol. The summed E-state index contributed by atoms with van der Waals surface area (Å²) in [6, 6.07) is 0. The first kappa shape index (κ1) is 10.8. The topological polar surface area (TPSA) is 57.8 Å². The Labute approximate surface area is 84.1 Å². The van der Waals surface area contributed by atoms with Crippen LogP contribution in [0.1, 0.15) is 39.0 Å². The molecule has 0 unspecified atom stereocenters. The summed E-state index contributed by atoms with van der Waals surface area (Å²) < 4.78 is 0. The Morgan fingerprint density at radius 1 is 1.50 bits per heavy atom. The van der Waals surface area contributed by atoms with Crippen molar-refractivity contribution < 1.29 is 4.79 Å². The molecule has 0 aliphatic heterocycles. The van der Waals surface area contributed by atoms with E-state index in [4.69, 9.17) is 0 Å². The average Bonchev–Trinajstić information content (AvgIpc) is 2.65. The maximum Gasteiger partial charge on any atom is 0.224 e. The summed E-state index contributed by atoms with van der Waals surface area (Å²) >= 11 is 0. The van der Waals surface area contributed by atoms with E-state index in [0.717, 1.165) is 18.5 Å². The van der Waals surface area contributed by atoms with Crippen molar-refractivity contribution in [3.05, 3.63) is 12.4 Å². The highest BCUT2D eigenvalue weighted by molar-refractivity contribution is 5.90. The van der Waals surface area contributed by atoms with Gasteiger partial charge in [0.05, 0.1) is 11.9 Å². The van der Waals surface area contributed by atoms with Crippen LogP contribution in [0.3, 0.4) is 0 Å². The summed E-state index contributed by atoms with van der Waals surface area (Å²) in [6.07, 6.45) is 8.38. The Morgan fingerprint density at radius 2 is 2.36 bits per heavy atom. The number of rotatable bonds is 6. The van der Waals surface area contributed by atoms with Gasteiger partial charge in [0, 0.05) is 12.6 Å². The number of amides is 1. The maximum absolute atomic E-state index is 11.3. The van der Waals surface area contributed by atoms with Crippen molar-refractivity contribution in [2.24, 2.45) is 0 Å². The quantitative estimate of drug-likeness (QED) is 0.684. The zero-order valence-corrected chi connectivity index (χ0v) is 8.55. The first-order valence-electron chi connectivity index (χ1n) is 5.11. The minimum Gasteiger partial charge on any atom is -0.323 e. The lowest BCUT2D eigenvalue weighted by molar-refractivity contribution is -0.116. The number of aromatic amines is 1. The molecule has 78 valence electrons. The Hall–Kier alpha value is -1.32. The summed E-state index contributed by atoms with van der Waals surface area (Å²) in [5.74, 6) is 0.0718. The van der Waals surface area contributed by atoms with Crippen LogP contribution in [-0.4, -0.2) is 16.1 Å². The standard InChI is InChI=1S/C10H17N3O/c1-2-3-4-5-6-10(14)13-9-7-11-12-8-9/h7-8H,2-6H2,1H3,(H,11,12)(H,13,14). The number of unbranched alkanes of at least 4 members (excludes halogenated alkanes) is 3. The van der Waals surface area contributed by atoms with Crippen LogP contribution < -0.4 is 5.32 Å². The maximum atomic E-state index is 11.3. The van der Waals surface area contributed by atoms with E-state index in [-0.39, 0.29) is 5.91 Å². The van der Waals surface area contributed by atoms with Gasteiger partial charge in [-0.1, -0.05) is 26.2 Å². The van der Waals surface area contributed by atoms with E-state index in [1.165, 1.54) is 12.8 Å². The lowest BCUT2D eigenvalue weighted by atomic mass is 10.1. The van der Waals surface area contributed by atoms with Crippen LogP contribution in [0.5, 0.6) is 0 Å². The van der Waals surface area contributed by atoms with Crippen LogP contribution >= 0.6 is 0 Å². The molecule has 0 radical (unpaired) electrons. The Bertz CT molecular complexity index is 256. The molecule has 0 fully saturated rings. The monoisotopic (exact) mass is 195 g/mol. The van der Waals surface area contributed by atoms with Crippen LogP contribution in [-0.2, 0) is 4.79 Å². The summed E-state index contributed by atoms with van der Waals surface area (Å²) in [4.78, 5) is 11.3. The smallest absolute Gasteiger partial charge is 0.224 e. The highest BCUT2D eigenvalue weighted by atomic mass is 16.1. The van der Waals surface area contributed by atoms with Gasteiger partial charge >= 0.3 is 0 Å². The predicted octanol–water partition coefficient (Wildman–Crippen LogP) is 2.32. The van der Waals surface area contributed by atoms with Crippen molar-refractivity contribution in [3.63, 3.8) is 0 Å². The molecule has 1 aromatic rings. The summed E-state index contributed by atoms with van der Waals surface area (Å²) in [5.41, 5.74) is 0.741. The van der Waals surface area contributed by atoms with Gasteiger partial charge in [0.25, 0.3) is 0 Å².